The summed E-state index contributed by atoms with van der Waals surface area (Å²) in [6.07, 6.45) is 7.05. The zero-order chi connectivity index (χ0) is 14.5. The van der Waals surface area contributed by atoms with Crippen LogP contribution in [0.2, 0.25) is 0 Å². The standard InChI is InChI=1S/C18H23NOS/c20-17(9-7-13-19-11-5-1-2-6-12-19)16-14-21-18-10-4-3-8-15(16)18/h3-4,8,10,14H,1-2,5-7,9,11-13H2. The van der Waals surface area contributed by atoms with Crippen LogP contribution in [0.3, 0.4) is 0 Å². The van der Waals surface area contributed by atoms with Gasteiger partial charge in [0.1, 0.15) is 0 Å². The summed E-state index contributed by atoms with van der Waals surface area (Å²) in [5.74, 6) is 0.308. The Bertz CT molecular complexity index is 596. The molecule has 1 aromatic heterocycles. The van der Waals surface area contributed by atoms with Crippen molar-refractivity contribution < 1.29 is 4.79 Å². The first-order chi connectivity index (χ1) is 10.3. The first-order valence-corrected chi connectivity index (χ1v) is 8.94. The van der Waals surface area contributed by atoms with E-state index in [1.807, 2.05) is 17.5 Å². The molecule has 3 heteroatoms. The number of carbonyl (C=O) groups is 1. The molecular weight excluding hydrogens is 278 g/mol. The van der Waals surface area contributed by atoms with Crippen LogP contribution in [0.4, 0.5) is 0 Å². The van der Waals surface area contributed by atoms with Gasteiger partial charge in [-0.3, -0.25) is 4.79 Å². The van der Waals surface area contributed by atoms with Crippen molar-refractivity contribution in [2.24, 2.45) is 0 Å². The molecule has 1 saturated heterocycles. The smallest absolute Gasteiger partial charge is 0.164 e. The van der Waals surface area contributed by atoms with Crippen molar-refractivity contribution in [1.82, 2.24) is 4.90 Å². The van der Waals surface area contributed by atoms with E-state index in [0.29, 0.717) is 12.2 Å². The first-order valence-electron chi connectivity index (χ1n) is 8.06. The summed E-state index contributed by atoms with van der Waals surface area (Å²) in [4.78, 5) is 15.0. The normalized spacial score (nSPS) is 17.0. The number of carbonyl (C=O) groups excluding carboxylic acids is 1. The number of Topliss-reactive ketones (excluding diaryl/α,β-unsaturated/α-hetero) is 1. The highest BCUT2D eigenvalue weighted by molar-refractivity contribution is 7.17. The molecule has 0 amide bonds. The van der Waals surface area contributed by atoms with Gasteiger partial charge in [0.25, 0.3) is 0 Å². The molecule has 0 spiro atoms. The van der Waals surface area contributed by atoms with E-state index in [-0.39, 0.29) is 0 Å². The molecule has 1 fully saturated rings. The summed E-state index contributed by atoms with van der Waals surface area (Å²) >= 11 is 1.68. The molecule has 0 N–H and O–H groups in total. The fourth-order valence-corrected chi connectivity index (χ4v) is 4.12. The van der Waals surface area contributed by atoms with Crippen molar-refractivity contribution in [2.75, 3.05) is 19.6 Å². The second kappa shape index (κ2) is 7.19. The van der Waals surface area contributed by atoms with Crippen LogP contribution in [0.1, 0.15) is 48.9 Å². The predicted octanol–water partition coefficient (Wildman–Crippen LogP) is 4.74. The summed E-state index contributed by atoms with van der Waals surface area (Å²) in [5, 5.41) is 3.15. The number of rotatable bonds is 5. The van der Waals surface area contributed by atoms with Crippen LogP contribution in [0.25, 0.3) is 10.1 Å². The minimum atomic E-state index is 0.308. The van der Waals surface area contributed by atoms with Gasteiger partial charge in [-0.1, -0.05) is 31.0 Å². The van der Waals surface area contributed by atoms with Gasteiger partial charge in [-0.15, -0.1) is 11.3 Å². The van der Waals surface area contributed by atoms with Crippen molar-refractivity contribution in [3.05, 3.63) is 35.2 Å². The summed E-state index contributed by atoms with van der Waals surface area (Å²) in [6.45, 7) is 3.51. The lowest BCUT2D eigenvalue weighted by Gasteiger charge is -2.19. The quantitative estimate of drug-likeness (QED) is 0.743. The first kappa shape index (κ1) is 14.7. The van der Waals surface area contributed by atoms with Crippen molar-refractivity contribution in [2.45, 2.75) is 38.5 Å². The highest BCUT2D eigenvalue weighted by Gasteiger charge is 2.13. The zero-order valence-electron chi connectivity index (χ0n) is 12.5. The largest absolute Gasteiger partial charge is 0.303 e. The van der Waals surface area contributed by atoms with Crippen LogP contribution in [0.5, 0.6) is 0 Å². The lowest BCUT2D eigenvalue weighted by atomic mass is 10.1. The Balaban J connectivity index is 1.54. The third-order valence-corrected chi connectivity index (χ3v) is 5.32. The fraction of sp³-hybridized carbons (Fsp3) is 0.500. The van der Waals surface area contributed by atoms with Crippen LogP contribution >= 0.6 is 11.3 Å². The molecule has 1 aromatic carbocycles. The molecule has 1 aliphatic heterocycles. The monoisotopic (exact) mass is 301 g/mol. The highest BCUT2D eigenvalue weighted by atomic mass is 32.1. The Morgan fingerprint density at radius 2 is 1.86 bits per heavy atom. The van der Waals surface area contributed by atoms with Crippen LogP contribution in [-0.2, 0) is 0 Å². The van der Waals surface area contributed by atoms with Gasteiger partial charge < -0.3 is 4.90 Å². The molecule has 0 unspecified atom stereocenters. The summed E-state index contributed by atoms with van der Waals surface area (Å²) in [7, 11) is 0. The Kier molecular flexibility index (Phi) is 5.04. The van der Waals surface area contributed by atoms with Gasteiger partial charge in [-0.25, -0.2) is 0 Å². The van der Waals surface area contributed by atoms with Gasteiger partial charge in [-0.05, 0) is 45.0 Å². The van der Waals surface area contributed by atoms with Crippen LogP contribution < -0.4 is 0 Å². The van der Waals surface area contributed by atoms with Crippen molar-refractivity contribution in [1.29, 1.82) is 0 Å². The average Bonchev–Trinajstić information content (AvgIpc) is 2.77. The van der Waals surface area contributed by atoms with E-state index in [1.54, 1.807) is 11.3 Å². The number of fused-ring (bicyclic) bond motifs is 1. The number of benzene rings is 1. The van der Waals surface area contributed by atoms with Gasteiger partial charge in [0, 0.05) is 27.5 Å². The SMILES string of the molecule is O=C(CCCN1CCCCCC1)c1csc2ccccc12. The molecular formula is C18H23NOS. The lowest BCUT2D eigenvalue weighted by molar-refractivity contribution is 0.0977. The lowest BCUT2D eigenvalue weighted by Crippen LogP contribution is -2.26. The predicted molar refractivity (Wildman–Crippen MR) is 90.3 cm³/mol. The van der Waals surface area contributed by atoms with E-state index in [0.717, 1.165) is 23.9 Å². The van der Waals surface area contributed by atoms with Gasteiger partial charge in [-0.2, -0.15) is 0 Å². The van der Waals surface area contributed by atoms with Gasteiger partial charge in [0.2, 0.25) is 0 Å². The van der Waals surface area contributed by atoms with Crippen LogP contribution in [-0.4, -0.2) is 30.3 Å². The third-order valence-electron chi connectivity index (χ3n) is 4.36. The molecule has 3 rings (SSSR count). The van der Waals surface area contributed by atoms with E-state index in [1.165, 1.54) is 43.5 Å². The van der Waals surface area contributed by atoms with Crippen LogP contribution in [0, 0.1) is 0 Å². The molecule has 0 bridgehead atoms. The molecule has 0 atom stereocenters. The minimum absolute atomic E-state index is 0.308. The Labute approximate surface area is 130 Å². The van der Waals surface area contributed by atoms with Crippen molar-refractivity contribution >= 4 is 27.2 Å². The summed E-state index contributed by atoms with van der Waals surface area (Å²) in [6, 6.07) is 8.21. The second-order valence-corrected chi connectivity index (χ2v) is 6.84. The van der Waals surface area contributed by atoms with E-state index in [2.05, 4.69) is 17.0 Å². The van der Waals surface area contributed by atoms with Crippen LogP contribution in [0.15, 0.2) is 29.6 Å². The van der Waals surface area contributed by atoms with E-state index >= 15 is 0 Å². The van der Waals surface area contributed by atoms with E-state index in [9.17, 15) is 4.79 Å². The maximum Gasteiger partial charge on any atom is 0.164 e. The molecule has 0 saturated carbocycles. The zero-order valence-corrected chi connectivity index (χ0v) is 13.3. The van der Waals surface area contributed by atoms with Gasteiger partial charge in [0.05, 0.1) is 0 Å². The van der Waals surface area contributed by atoms with Gasteiger partial charge in [0.15, 0.2) is 5.78 Å². The molecule has 2 nitrogen and oxygen atoms in total. The number of thiophene rings is 1. The second-order valence-electron chi connectivity index (χ2n) is 5.93. The summed E-state index contributed by atoms with van der Waals surface area (Å²) < 4.78 is 1.22. The maximum atomic E-state index is 12.4. The van der Waals surface area contributed by atoms with Crippen molar-refractivity contribution in [3.8, 4) is 0 Å². The molecule has 1 aliphatic rings. The number of nitrogens with zero attached hydrogens (tertiary/aromatic N) is 1. The highest BCUT2D eigenvalue weighted by Crippen LogP contribution is 2.26. The molecule has 2 aromatic rings. The average molecular weight is 301 g/mol. The third kappa shape index (κ3) is 3.72. The molecule has 112 valence electrons. The number of likely N-dealkylation sites (tertiary alicyclic amines) is 1. The van der Waals surface area contributed by atoms with E-state index in [4.69, 9.17) is 0 Å². The topological polar surface area (TPSA) is 20.3 Å². The number of hydrogen-bond acceptors (Lipinski definition) is 3. The molecule has 21 heavy (non-hydrogen) atoms. The molecule has 2 heterocycles. The maximum absolute atomic E-state index is 12.4. The molecule has 0 aliphatic carbocycles. The Hall–Kier alpha value is -1.19. The minimum Gasteiger partial charge on any atom is -0.303 e. The Morgan fingerprint density at radius 1 is 1.10 bits per heavy atom. The molecule has 0 radical (unpaired) electrons. The summed E-state index contributed by atoms with van der Waals surface area (Å²) in [5.41, 5.74) is 0.923. The van der Waals surface area contributed by atoms with Crippen molar-refractivity contribution in [3.63, 3.8) is 0 Å². The fourth-order valence-electron chi connectivity index (χ4n) is 3.15. The van der Waals surface area contributed by atoms with Gasteiger partial charge >= 0.3 is 0 Å². The Morgan fingerprint density at radius 3 is 2.67 bits per heavy atom. The number of ketones is 1. The van der Waals surface area contributed by atoms with E-state index < -0.39 is 0 Å². The number of hydrogen-bond donors (Lipinski definition) is 0.